The third-order valence-corrected chi connectivity index (χ3v) is 2.26. The average Bonchev–Trinajstić information content (AvgIpc) is 2.93. The monoisotopic (exact) mass is 258 g/mol. The summed E-state index contributed by atoms with van der Waals surface area (Å²) >= 11 is 0. The molecule has 0 saturated heterocycles. The second kappa shape index (κ2) is 7.10. The van der Waals surface area contributed by atoms with Crippen LogP contribution in [-0.4, -0.2) is 24.7 Å². The molecule has 0 aliphatic heterocycles. The van der Waals surface area contributed by atoms with Crippen LogP contribution in [0, 0.1) is 0 Å². The van der Waals surface area contributed by atoms with E-state index in [9.17, 15) is 5.11 Å². The highest BCUT2D eigenvalue weighted by Crippen LogP contribution is 2.11. The highest BCUT2D eigenvalue weighted by atomic mass is 16.3. The Labute approximate surface area is 112 Å². The molecule has 2 aromatic heterocycles. The third-order valence-electron chi connectivity index (χ3n) is 2.26. The van der Waals surface area contributed by atoms with Crippen molar-refractivity contribution in [3.63, 3.8) is 0 Å². The summed E-state index contributed by atoms with van der Waals surface area (Å²) in [5.41, 5.74) is 2.09. The summed E-state index contributed by atoms with van der Waals surface area (Å²) in [7, 11) is 0. The zero-order chi connectivity index (χ0) is 14.3. The fourth-order valence-electron chi connectivity index (χ4n) is 1.27. The quantitative estimate of drug-likeness (QED) is 0.678. The van der Waals surface area contributed by atoms with Crippen LogP contribution in [0.3, 0.4) is 0 Å². The van der Waals surface area contributed by atoms with Crippen LogP contribution in [0.15, 0.2) is 49.3 Å². The summed E-state index contributed by atoms with van der Waals surface area (Å²) in [5, 5.41) is 16.9. The maximum Gasteiger partial charge on any atom is 0.179 e. The zero-order valence-electron chi connectivity index (χ0n) is 11.4. The molecule has 5 heteroatoms. The normalized spacial score (nSPS) is 11.4. The first-order chi connectivity index (χ1) is 9.20. The van der Waals surface area contributed by atoms with Crippen molar-refractivity contribution in [2.45, 2.75) is 20.8 Å². The van der Waals surface area contributed by atoms with E-state index in [4.69, 9.17) is 0 Å². The van der Waals surface area contributed by atoms with Crippen LogP contribution in [0.4, 0.5) is 0 Å². The Hall–Kier alpha value is -2.43. The molecule has 2 heterocycles. The second-order valence-corrected chi connectivity index (χ2v) is 3.44. The van der Waals surface area contributed by atoms with Crippen molar-refractivity contribution >= 4 is 11.2 Å². The van der Waals surface area contributed by atoms with E-state index in [0.717, 1.165) is 0 Å². The number of fused-ring (bicyclic) bond motifs is 1. The molecule has 0 aromatic carbocycles. The summed E-state index contributed by atoms with van der Waals surface area (Å²) in [6.07, 6.45) is 9.88. The number of hydrogen-bond donors (Lipinski definition) is 1. The van der Waals surface area contributed by atoms with Crippen molar-refractivity contribution in [3.8, 4) is 0 Å². The van der Waals surface area contributed by atoms with Gasteiger partial charge in [0.25, 0.3) is 0 Å². The van der Waals surface area contributed by atoms with Gasteiger partial charge in [0.1, 0.15) is 12.1 Å². The molecule has 0 atom stereocenters. The Morgan fingerprint density at radius 2 is 2.11 bits per heavy atom. The molecule has 0 bridgehead atoms. The van der Waals surface area contributed by atoms with E-state index >= 15 is 0 Å². The van der Waals surface area contributed by atoms with Gasteiger partial charge < -0.3 is 5.11 Å². The van der Waals surface area contributed by atoms with E-state index in [0.29, 0.717) is 16.9 Å². The maximum absolute atomic E-state index is 9.28. The molecule has 2 aromatic rings. The molecule has 1 N–H and O–H groups in total. The van der Waals surface area contributed by atoms with Crippen LogP contribution >= 0.6 is 0 Å². The van der Waals surface area contributed by atoms with Gasteiger partial charge in [-0.05, 0) is 30.7 Å². The number of allylic oxidation sites excluding steroid dienone is 4. The van der Waals surface area contributed by atoms with Gasteiger partial charge in [-0.3, -0.25) is 9.38 Å². The van der Waals surface area contributed by atoms with Gasteiger partial charge in [0.2, 0.25) is 0 Å². The van der Waals surface area contributed by atoms with Crippen LogP contribution < -0.4 is 0 Å². The van der Waals surface area contributed by atoms with E-state index < -0.39 is 0 Å². The lowest BCUT2D eigenvalue weighted by molar-refractivity contribution is 0.431. The van der Waals surface area contributed by atoms with Crippen molar-refractivity contribution in [2.24, 2.45) is 0 Å². The van der Waals surface area contributed by atoms with Gasteiger partial charge in [-0.15, -0.1) is 10.2 Å². The lowest BCUT2D eigenvalue weighted by Crippen LogP contribution is -1.91. The Kier molecular flexibility index (Phi) is 5.47. The molecule has 0 aliphatic rings. The molecule has 2 rings (SSSR count). The minimum absolute atomic E-state index is 0.191. The Bertz CT molecular complexity index is 611. The van der Waals surface area contributed by atoms with Crippen LogP contribution in [0.5, 0.6) is 0 Å². The van der Waals surface area contributed by atoms with Gasteiger partial charge in [-0.25, -0.2) is 0 Å². The fraction of sp³-hybridized carbons (Fsp3) is 0.214. The highest BCUT2D eigenvalue weighted by molar-refractivity contribution is 5.69. The Balaban J connectivity index is 0.000000861. The molecular weight excluding hydrogens is 240 g/mol. The smallest absolute Gasteiger partial charge is 0.179 e. The minimum Gasteiger partial charge on any atom is -0.508 e. The lowest BCUT2D eigenvalue weighted by Gasteiger charge is -2.00. The van der Waals surface area contributed by atoms with E-state index in [1.807, 2.05) is 13.8 Å². The van der Waals surface area contributed by atoms with E-state index in [1.165, 1.54) is 0 Å². The number of aliphatic hydroxyl groups excluding tert-OH is 1. The first kappa shape index (κ1) is 14.6. The minimum atomic E-state index is 0.191. The highest BCUT2D eigenvalue weighted by Gasteiger charge is 2.00. The van der Waals surface area contributed by atoms with Gasteiger partial charge in [0, 0.05) is 6.20 Å². The molecule has 0 amide bonds. The molecule has 0 saturated carbocycles. The molecule has 0 radical (unpaired) electrons. The van der Waals surface area contributed by atoms with E-state index in [-0.39, 0.29) is 5.76 Å². The number of hydrogen-bond acceptors (Lipinski definition) is 4. The van der Waals surface area contributed by atoms with Crippen LogP contribution in [0.25, 0.3) is 11.2 Å². The van der Waals surface area contributed by atoms with Gasteiger partial charge in [0.05, 0.1) is 11.9 Å². The third kappa shape index (κ3) is 3.77. The van der Waals surface area contributed by atoms with Crippen molar-refractivity contribution < 1.29 is 5.11 Å². The van der Waals surface area contributed by atoms with Crippen LogP contribution in [-0.2, 0) is 0 Å². The van der Waals surface area contributed by atoms with E-state index in [2.05, 4.69) is 21.8 Å². The largest absolute Gasteiger partial charge is 0.508 e. The number of nitrogens with zero attached hydrogens (tertiary/aromatic N) is 4. The maximum atomic E-state index is 9.28. The SMILES string of the molecule is C=C(/C=C\C(O)=C/C)c1cn2cnnc2cn1.CC. The summed E-state index contributed by atoms with van der Waals surface area (Å²) in [5.74, 6) is 0.191. The summed E-state index contributed by atoms with van der Waals surface area (Å²) < 4.78 is 1.76. The number of rotatable bonds is 3. The van der Waals surface area contributed by atoms with Gasteiger partial charge in [-0.1, -0.05) is 20.4 Å². The first-order valence-electron chi connectivity index (χ1n) is 6.08. The summed E-state index contributed by atoms with van der Waals surface area (Å²) in [6, 6.07) is 0. The number of aromatic nitrogens is 4. The molecule has 0 unspecified atom stereocenters. The topological polar surface area (TPSA) is 63.3 Å². The van der Waals surface area contributed by atoms with Crippen molar-refractivity contribution in [2.75, 3.05) is 0 Å². The van der Waals surface area contributed by atoms with Crippen LogP contribution in [0.2, 0.25) is 0 Å². The molecular formula is C14H18N4O. The Morgan fingerprint density at radius 1 is 1.37 bits per heavy atom. The standard InChI is InChI=1S/C12H12N4O.C2H6/c1-3-10(17)5-4-9(2)11-7-16-8-14-15-12(16)6-13-11;1-2/h3-8,17H,2H2,1H3;1-2H3/b5-4-,10-3+;. The molecule has 100 valence electrons. The van der Waals surface area contributed by atoms with Crippen LogP contribution in [0.1, 0.15) is 26.5 Å². The zero-order valence-corrected chi connectivity index (χ0v) is 11.4. The number of aliphatic hydroxyl groups is 1. The second-order valence-electron chi connectivity index (χ2n) is 3.44. The van der Waals surface area contributed by atoms with Crippen molar-refractivity contribution in [3.05, 3.63) is 55.0 Å². The fourth-order valence-corrected chi connectivity index (χ4v) is 1.27. The average molecular weight is 258 g/mol. The molecule has 0 aliphatic carbocycles. The summed E-state index contributed by atoms with van der Waals surface area (Å²) in [6.45, 7) is 9.63. The van der Waals surface area contributed by atoms with E-state index in [1.54, 1.807) is 48.3 Å². The predicted molar refractivity (Wildman–Crippen MR) is 76.7 cm³/mol. The van der Waals surface area contributed by atoms with Gasteiger partial charge in [-0.2, -0.15) is 0 Å². The molecule has 5 nitrogen and oxygen atoms in total. The lowest BCUT2D eigenvalue weighted by atomic mass is 10.2. The van der Waals surface area contributed by atoms with Crippen molar-refractivity contribution in [1.29, 1.82) is 0 Å². The van der Waals surface area contributed by atoms with Gasteiger partial charge in [0.15, 0.2) is 5.65 Å². The predicted octanol–water partition coefficient (Wildman–Crippen LogP) is 3.18. The van der Waals surface area contributed by atoms with Crippen molar-refractivity contribution in [1.82, 2.24) is 19.6 Å². The molecule has 19 heavy (non-hydrogen) atoms. The van der Waals surface area contributed by atoms with Gasteiger partial charge >= 0.3 is 0 Å². The summed E-state index contributed by atoms with van der Waals surface area (Å²) in [4.78, 5) is 4.21. The Morgan fingerprint density at radius 3 is 2.79 bits per heavy atom. The molecule has 0 fully saturated rings. The first-order valence-corrected chi connectivity index (χ1v) is 6.08. The molecule has 0 spiro atoms.